The van der Waals surface area contributed by atoms with E-state index in [0.717, 1.165) is 23.6 Å². The molecule has 4 rings (SSSR count). The number of amides is 1. The summed E-state index contributed by atoms with van der Waals surface area (Å²) in [7, 11) is 0. The number of hydrogen-bond acceptors (Lipinski definition) is 5. The van der Waals surface area contributed by atoms with Gasteiger partial charge in [-0.3, -0.25) is 4.79 Å². The minimum absolute atomic E-state index is 0.0347. The molecule has 4 aromatic rings. The van der Waals surface area contributed by atoms with Gasteiger partial charge in [0.05, 0.1) is 18.3 Å². The first-order chi connectivity index (χ1) is 18.3. The number of carbonyl (C=O) groups is 1. The number of nitrogens with one attached hydrogen (secondary N) is 2. The summed E-state index contributed by atoms with van der Waals surface area (Å²) in [5.41, 5.74) is 4.43. The molecular formula is C30H31F2N3O3. The van der Waals surface area contributed by atoms with E-state index in [-0.39, 0.29) is 13.0 Å². The van der Waals surface area contributed by atoms with Gasteiger partial charge in [0.25, 0.3) is 5.91 Å². The van der Waals surface area contributed by atoms with Gasteiger partial charge in [-0.25, -0.2) is 13.8 Å². The van der Waals surface area contributed by atoms with Crippen LogP contribution < -0.4 is 10.6 Å². The predicted molar refractivity (Wildman–Crippen MR) is 142 cm³/mol. The van der Waals surface area contributed by atoms with Gasteiger partial charge in [-0.2, -0.15) is 0 Å². The Balaban J connectivity index is 1.51. The summed E-state index contributed by atoms with van der Waals surface area (Å²) in [6.07, 6.45) is 2.90. The summed E-state index contributed by atoms with van der Waals surface area (Å²) in [4.78, 5) is 17.4. The smallest absolute Gasteiger partial charge is 0.251 e. The lowest BCUT2D eigenvalue weighted by Crippen LogP contribution is -2.48. The van der Waals surface area contributed by atoms with Crippen molar-refractivity contribution in [3.63, 3.8) is 0 Å². The topological polar surface area (TPSA) is 87.4 Å². The van der Waals surface area contributed by atoms with Crippen molar-refractivity contribution < 1.29 is 23.1 Å². The van der Waals surface area contributed by atoms with E-state index in [1.165, 1.54) is 30.2 Å². The van der Waals surface area contributed by atoms with Gasteiger partial charge in [-0.1, -0.05) is 31.2 Å². The Labute approximate surface area is 220 Å². The van der Waals surface area contributed by atoms with Crippen molar-refractivity contribution >= 4 is 5.91 Å². The molecule has 0 unspecified atom stereocenters. The van der Waals surface area contributed by atoms with Gasteiger partial charge in [-0.05, 0) is 72.4 Å². The van der Waals surface area contributed by atoms with Crippen LogP contribution in [0.5, 0.6) is 0 Å². The zero-order valence-corrected chi connectivity index (χ0v) is 21.4. The summed E-state index contributed by atoms with van der Waals surface area (Å²) in [6.45, 7) is 4.62. The molecule has 0 aliphatic rings. The number of aliphatic hydroxyl groups excluding tert-OH is 1. The molecule has 3 N–H and O–H groups in total. The maximum Gasteiger partial charge on any atom is 0.251 e. The quantitative estimate of drug-likeness (QED) is 0.260. The number of hydrogen-bond donors (Lipinski definition) is 3. The first-order valence-electron chi connectivity index (χ1n) is 12.5. The van der Waals surface area contributed by atoms with Crippen LogP contribution >= 0.6 is 0 Å². The molecule has 198 valence electrons. The monoisotopic (exact) mass is 519 g/mol. The summed E-state index contributed by atoms with van der Waals surface area (Å²) in [5.74, 6) is -1.49. The lowest BCUT2D eigenvalue weighted by molar-refractivity contribution is 0.0830. The highest BCUT2D eigenvalue weighted by Gasteiger charge is 2.23. The van der Waals surface area contributed by atoms with Crippen molar-refractivity contribution in [2.24, 2.45) is 0 Å². The van der Waals surface area contributed by atoms with Crippen LogP contribution in [-0.4, -0.2) is 34.7 Å². The van der Waals surface area contributed by atoms with Crippen LogP contribution in [0.3, 0.4) is 0 Å². The molecule has 1 heterocycles. The molecular weight excluding hydrogens is 488 g/mol. The lowest BCUT2D eigenvalue weighted by atomic mass is 9.99. The zero-order valence-electron chi connectivity index (χ0n) is 21.4. The highest BCUT2D eigenvalue weighted by atomic mass is 19.1. The van der Waals surface area contributed by atoms with Crippen LogP contribution in [-0.2, 0) is 19.4 Å². The number of aromatic nitrogens is 1. The SMILES string of the molecule is CCc1cccc(CNC[C@H](O)[C@H](Cc2cc(F)cc(F)c2)NC(=O)c2cc(C)cc(-c3ncco3)c2)c1. The van der Waals surface area contributed by atoms with E-state index in [0.29, 0.717) is 29.1 Å². The normalized spacial score (nSPS) is 12.8. The van der Waals surface area contributed by atoms with Crippen molar-refractivity contribution in [2.75, 3.05) is 6.54 Å². The van der Waals surface area contributed by atoms with Crippen LogP contribution in [0.2, 0.25) is 0 Å². The Morgan fingerprint density at radius 2 is 1.79 bits per heavy atom. The van der Waals surface area contributed by atoms with Crippen molar-refractivity contribution in [3.8, 4) is 11.5 Å². The molecule has 1 aromatic heterocycles. The third-order valence-electron chi connectivity index (χ3n) is 6.26. The van der Waals surface area contributed by atoms with Crippen molar-refractivity contribution in [1.82, 2.24) is 15.6 Å². The number of benzene rings is 3. The van der Waals surface area contributed by atoms with E-state index in [9.17, 15) is 18.7 Å². The van der Waals surface area contributed by atoms with E-state index in [1.54, 1.807) is 12.1 Å². The molecule has 6 nitrogen and oxygen atoms in total. The van der Waals surface area contributed by atoms with Gasteiger partial charge < -0.3 is 20.2 Å². The Hall–Kier alpha value is -3.88. The number of aliphatic hydroxyl groups is 1. The molecule has 0 fully saturated rings. The molecule has 0 aliphatic carbocycles. The summed E-state index contributed by atoms with van der Waals surface area (Å²) < 4.78 is 33.1. The van der Waals surface area contributed by atoms with E-state index < -0.39 is 29.7 Å². The molecule has 0 bridgehead atoms. The summed E-state index contributed by atoms with van der Waals surface area (Å²) in [5, 5.41) is 17.1. The number of oxazole rings is 1. The first-order valence-corrected chi connectivity index (χ1v) is 12.5. The second kappa shape index (κ2) is 12.6. The fourth-order valence-corrected chi connectivity index (χ4v) is 4.39. The van der Waals surface area contributed by atoms with Crippen LogP contribution in [0.4, 0.5) is 8.78 Å². The highest BCUT2D eigenvalue weighted by Crippen LogP contribution is 2.21. The van der Waals surface area contributed by atoms with Gasteiger partial charge in [0, 0.05) is 30.3 Å². The van der Waals surface area contributed by atoms with Gasteiger partial charge in [0.1, 0.15) is 17.9 Å². The molecule has 0 spiro atoms. The molecule has 0 radical (unpaired) electrons. The first kappa shape index (κ1) is 27.2. The van der Waals surface area contributed by atoms with Crippen molar-refractivity contribution in [1.29, 1.82) is 0 Å². The average molecular weight is 520 g/mol. The maximum atomic E-state index is 13.9. The average Bonchev–Trinajstić information content (AvgIpc) is 3.43. The minimum Gasteiger partial charge on any atom is -0.445 e. The van der Waals surface area contributed by atoms with E-state index in [4.69, 9.17) is 4.42 Å². The lowest BCUT2D eigenvalue weighted by Gasteiger charge is -2.25. The summed E-state index contributed by atoms with van der Waals surface area (Å²) >= 11 is 0. The zero-order chi connectivity index (χ0) is 27.1. The third kappa shape index (κ3) is 7.34. The van der Waals surface area contributed by atoms with E-state index in [2.05, 4.69) is 34.7 Å². The second-order valence-electron chi connectivity index (χ2n) is 9.36. The van der Waals surface area contributed by atoms with Gasteiger partial charge in [0.15, 0.2) is 0 Å². The number of nitrogens with zero attached hydrogens (tertiary/aromatic N) is 1. The molecule has 0 saturated heterocycles. The van der Waals surface area contributed by atoms with E-state index in [1.807, 2.05) is 25.1 Å². The van der Waals surface area contributed by atoms with E-state index >= 15 is 0 Å². The summed E-state index contributed by atoms with van der Waals surface area (Å²) in [6, 6.07) is 15.7. The molecule has 0 aliphatic heterocycles. The van der Waals surface area contributed by atoms with Crippen LogP contribution in [0, 0.1) is 18.6 Å². The Kier molecular flexibility index (Phi) is 8.99. The fraction of sp³-hybridized carbons (Fsp3) is 0.267. The fourth-order valence-electron chi connectivity index (χ4n) is 4.39. The second-order valence-corrected chi connectivity index (χ2v) is 9.36. The number of rotatable bonds is 11. The maximum absolute atomic E-state index is 13.9. The molecule has 3 aromatic carbocycles. The van der Waals surface area contributed by atoms with Gasteiger partial charge in [-0.15, -0.1) is 0 Å². The predicted octanol–water partition coefficient (Wildman–Crippen LogP) is 4.98. The van der Waals surface area contributed by atoms with Gasteiger partial charge >= 0.3 is 0 Å². The molecule has 2 atom stereocenters. The van der Waals surface area contributed by atoms with Crippen molar-refractivity contribution in [2.45, 2.75) is 45.4 Å². The standard InChI is InChI=1S/C30H31F2N3O3/c1-3-20-5-4-6-21(11-20)17-33-18-28(36)27(14-22-12-25(31)16-26(32)13-22)35-29(37)23-9-19(2)10-24(15-23)30-34-7-8-38-30/h4-13,15-16,27-28,33,36H,3,14,17-18H2,1-2H3,(H,35,37)/t27-,28-/m0/s1. The van der Waals surface area contributed by atoms with Crippen LogP contribution in [0.25, 0.3) is 11.5 Å². The molecule has 8 heteroatoms. The number of aryl methyl sites for hydroxylation is 2. The van der Waals surface area contributed by atoms with Gasteiger partial charge in [0.2, 0.25) is 5.89 Å². The Morgan fingerprint density at radius 3 is 2.50 bits per heavy atom. The van der Waals surface area contributed by atoms with Crippen LogP contribution in [0.15, 0.2) is 77.5 Å². The molecule has 38 heavy (non-hydrogen) atoms. The number of carbonyl (C=O) groups excluding carboxylic acids is 1. The van der Waals surface area contributed by atoms with Crippen molar-refractivity contribution in [3.05, 3.63) is 113 Å². The highest BCUT2D eigenvalue weighted by molar-refractivity contribution is 5.95. The third-order valence-corrected chi connectivity index (χ3v) is 6.26. The van der Waals surface area contributed by atoms with Crippen LogP contribution in [0.1, 0.15) is 39.5 Å². The Morgan fingerprint density at radius 1 is 1.03 bits per heavy atom. The Bertz CT molecular complexity index is 1350. The molecule has 0 saturated carbocycles. The largest absolute Gasteiger partial charge is 0.445 e. The number of halogens is 2. The minimum atomic E-state index is -1.03. The molecule has 1 amide bonds.